The zero-order valence-electron chi connectivity index (χ0n) is 11.1. The van der Waals surface area contributed by atoms with Crippen molar-refractivity contribution in [3.63, 3.8) is 0 Å². The summed E-state index contributed by atoms with van der Waals surface area (Å²) in [6.07, 6.45) is 10.8. The molecule has 0 atom stereocenters. The molecule has 1 aromatic rings. The number of benzene rings is 1. The third kappa shape index (κ3) is 1.71. The van der Waals surface area contributed by atoms with Crippen molar-refractivity contribution in [2.24, 2.45) is 0 Å². The molecule has 1 N–H and O–H groups in total. The molecule has 1 heterocycles. The molecule has 0 radical (unpaired) electrons. The molecule has 1 aromatic carbocycles. The van der Waals surface area contributed by atoms with Gasteiger partial charge in [-0.1, -0.05) is 44.7 Å². The van der Waals surface area contributed by atoms with E-state index in [4.69, 9.17) is 0 Å². The fourth-order valence-electron chi connectivity index (χ4n) is 3.06. The van der Waals surface area contributed by atoms with E-state index in [1.165, 1.54) is 35.2 Å². The van der Waals surface area contributed by atoms with Gasteiger partial charge >= 0.3 is 0 Å². The van der Waals surface area contributed by atoms with Crippen LogP contribution in [0.2, 0.25) is 0 Å². The van der Waals surface area contributed by atoms with Gasteiger partial charge in [0.1, 0.15) is 0 Å². The maximum atomic E-state index is 4.01. The van der Waals surface area contributed by atoms with Crippen LogP contribution in [-0.4, -0.2) is 0 Å². The lowest BCUT2D eigenvalue weighted by atomic mass is 9.82. The number of allylic oxidation sites excluding steroid dienone is 3. The van der Waals surface area contributed by atoms with Crippen molar-refractivity contribution >= 4 is 11.8 Å². The Morgan fingerprint density at radius 3 is 2.78 bits per heavy atom. The molecule has 1 aliphatic heterocycles. The van der Waals surface area contributed by atoms with E-state index in [0.29, 0.717) is 0 Å². The van der Waals surface area contributed by atoms with Crippen LogP contribution in [0.1, 0.15) is 37.0 Å². The number of hydrogen-bond acceptors (Lipinski definition) is 1. The van der Waals surface area contributed by atoms with Gasteiger partial charge in [0, 0.05) is 16.9 Å². The Labute approximate surface area is 109 Å². The molecule has 0 amide bonds. The highest BCUT2D eigenvalue weighted by molar-refractivity contribution is 5.76. The SMILES string of the molecule is C=C1/C=C\C=Cc2c(ccc3c2C(C)(C)CC3)N1. The smallest absolute Gasteiger partial charge is 0.0460 e. The summed E-state index contributed by atoms with van der Waals surface area (Å²) in [5, 5.41) is 3.40. The molecule has 0 unspecified atom stereocenters. The molecule has 1 heteroatoms. The Balaban J connectivity index is 2.24. The van der Waals surface area contributed by atoms with Crippen LogP contribution in [-0.2, 0) is 11.8 Å². The molecule has 0 bridgehead atoms. The number of rotatable bonds is 0. The molecular formula is C17H19N. The lowest BCUT2D eigenvalue weighted by Crippen LogP contribution is -2.15. The maximum absolute atomic E-state index is 4.01. The normalized spacial score (nSPS) is 21.6. The van der Waals surface area contributed by atoms with Crippen LogP contribution < -0.4 is 5.32 Å². The molecule has 1 aliphatic carbocycles. The molecular weight excluding hydrogens is 218 g/mol. The Morgan fingerprint density at radius 1 is 1.17 bits per heavy atom. The topological polar surface area (TPSA) is 12.0 Å². The Kier molecular flexibility index (Phi) is 2.44. The second-order valence-corrected chi connectivity index (χ2v) is 5.81. The van der Waals surface area contributed by atoms with Crippen LogP contribution in [0, 0.1) is 0 Å². The van der Waals surface area contributed by atoms with Gasteiger partial charge in [-0.05, 0) is 41.5 Å². The first-order chi connectivity index (χ1) is 8.58. The minimum atomic E-state index is 0.275. The summed E-state index contributed by atoms with van der Waals surface area (Å²) in [7, 11) is 0. The number of hydrogen-bond donors (Lipinski definition) is 1. The van der Waals surface area contributed by atoms with E-state index in [1.54, 1.807) is 0 Å². The minimum Gasteiger partial charge on any atom is -0.356 e. The van der Waals surface area contributed by atoms with Gasteiger partial charge in [-0.2, -0.15) is 0 Å². The van der Waals surface area contributed by atoms with E-state index in [0.717, 1.165) is 5.70 Å². The largest absolute Gasteiger partial charge is 0.356 e. The molecule has 3 rings (SSSR count). The van der Waals surface area contributed by atoms with Crippen molar-refractivity contribution in [3.8, 4) is 0 Å². The van der Waals surface area contributed by atoms with Gasteiger partial charge in [-0.15, -0.1) is 0 Å². The summed E-state index contributed by atoms with van der Waals surface area (Å²) in [5.74, 6) is 0. The van der Waals surface area contributed by atoms with Crippen LogP contribution in [0.15, 0.2) is 42.6 Å². The molecule has 1 nitrogen and oxygen atoms in total. The predicted octanol–water partition coefficient (Wildman–Crippen LogP) is 4.42. The summed E-state index contributed by atoms with van der Waals surface area (Å²) in [6, 6.07) is 4.45. The van der Waals surface area contributed by atoms with E-state index < -0.39 is 0 Å². The highest BCUT2D eigenvalue weighted by Gasteiger charge is 2.32. The molecule has 18 heavy (non-hydrogen) atoms. The predicted molar refractivity (Wildman–Crippen MR) is 78.7 cm³/mol. The lowest BCUT2D eigenvalue weighted by Gasteiger charge is -2.24. The van der Waals surface area contributed by atoms with E-state index in [-0.39, 0.29) is 5.41 Å². The van der Waals surface area contributed by atoms with Gasteiger partial charge in [-0.3, -0.25) is 0 Å². The Bertz CT molecular complexity index is 574. The molecule has 0 saturated heterocycles. The van der Waals surface area contributed by atoms with Crippen LogP contribution in [0.5, 0.6) is 0 Å². The van der Waals surface area contributed by atoms with Gasteiger partial charge in [0.2, 0.25) is 0 Å². The van der Waals surface area contributed by atoms with Gasteiger partial charge < -0.3 is 5.32 Å². The lowest BCUT2D eigenvalue weighted by molar-refractivity contribution is 0.522. The molecule has 0 saturated carbocycles. The third-order valence-corrected chi connectivity index (χ3v) is 3.99. The highest BCUT2D eigenvalue weighted by atomic mass is 14.9. The average molecular weight is 237 g/mol. The van der Waals surface area contributed by atoms with Crippen molar-refractivity contribution in [2.45, 2.75) is 32.1 Å². The minimum absolute atomic E-state index is 0.275. The molecule has 0 fully saturated rings. The van der Waals surface area contributed by atoms with E-state index in [9.17, 15) is 0 Å². The second-order valence-electron chi connectivity index (χ2n) is 5.81. The fraction of sp³-hybridized carbons (Fsp3) is 0.294. The number of nitrogens with one attached hydrogen (secondary N) is 1. The fourth-order valence-corrected chi connectivity index (χ4v) is 3.06. The van der Waals surface area contributed by atoms with Crippen molar-refractivity contribution < 1.29 is 0 Å². The van der Waals surface area contributed by atoms with Crippen molar-refractivity contribution in [2.75, 3.05) is 5.32 Å². The van der Waals surface area contributed by atoms with Gasteiger partial charge in [0.15, 0.2) is 0 Å². The summed E-state index contributed by atoms with van der Waals surface area (Å²) < 4.78 is 0. The van der Waals surface area contributed by atoms with E-state index >= 15 is 0 Å². The number of fused-ring (bicyclic) bond motifs is 3. The summed E-state index contributed by atoms with van der Waals surface area (Å²) in [6.45, 7) is 8.70. The van der Waals surface area contributed by atoms with Crippen LogP contribution in [0.25, 0.3) is 6.08 Å². The Morgan fingerprint density at radius 2 is 1.94 bits per heavy atom. The number of anilines is 1. The monoisotopic (exact) mass is 237 g/mol. The first-order valence-corrected chi connectivity index (χ1v) is 6.55. The number of aryl methyl sites for hydroxylation is 1. The standard InChI is InChI=1S/C17H19N/c1-12-6-4-5-7-14-15(18-12)9-8-13-10-11-17(2,3)16(13)14/h4-9,18H,1,10-11H2,2-3H3/b6-4-,7-5?. The zero-order valence-corrected chi connectivity index (χ0v) is 11.1. The molecule has 0 spiro atoms. The third-order valence-electron chi connectivity index (χ3n) is 3.99. The van der Waals surface area contributed by atoms with E-state index in [1.807, 2.05) is 12.2 Å². The van der Waals surface area contributed by atoms with Gasteiger partial charge in [0.05, 0.1) is 0 Å². The summed E-state index contributed by atoms with van der Waals surface area (Å²) >= 11 is 0. The Hall–Kier alpha value is -1.76. The van der Waals surface area contributed by atoms with Crippen molar-refractivity contribution in [1.82, 2.24) is 0 Å². The second kappa shape index (κ2) is 3.88. The summed E-state index contributed by atoms with van der Waals surface area (Å²) in [4.78, 5) is 0. The maximum Gasteiger partial charge on any atom is 0.0460 e. The van der Waals surface area contributed by atoms with Crippen LogP contribution >= 0.6 is 0 Å². The van der Waals surface area contributed by atoms with Crippen LogP contribution in [0.4, 0.5) is 5.69 Å². The highest BCUT2D eigenvalue weighted by Crippen LogP contribution is 2.43. The first-order valence-electron chi connectivity index (χ1n) is 6.55. The molecule has 92 valence electrons. The van der Waals surface area contributed by atoms with Crippen LogP contribution in [0.3, 0.4) is 0 Å². The van der Waals surface area contributed by atoms with Gasteiger partial charge in [-0.25, -0.2) is 0 Å². The molecule has 0 aromatic heterocycles. The zero-order chi connectivity index (χ0) is 12.8. The van der Waals surface area contributed by atoms with Crippen molar-refractivity contribution in [1.29, 1.82) is 0 Å². The van der Waals surface area contributed by atoms with E-state index in [2.05, 4.69) is 50.0 Å². The first kappa shape index (κ1) is 11.3. The summed E-state index contributed by atoms with van der Waals surface area (Å²) in [5.41, 5.74) is 6.73. The van der Waals surface area contributed by atoms with Crippen molar-refractivity contribution in [3.05, 3.63) is 59.3 Å². The molecule has 2 aliphatic rings. The average Bonchev–Trinajstić information content (AvgIpc) is 2.60. The quantitative estimate of drug-likeness (QED) is 0.704. The van der Waals surface area contributed by atoms with Gasteiger partial charge in [0.25, 0.3) is 0 Å².